The van der Waals surface area contributed by atoms with Crippen LogP contribution in [-0.4, -0.2) is 36.1 Å². The number of aromatic nitrogens is 2. The van der Waals surface area contributed by atoms with Gasteiger partial charge < -0.3 is 9.64 Å². The van der Waals surface area contributed by atoms with Crippen LogP contribution >= 0.6 is 11.6 Å². The Kier molecular flexibility index (Phi) is 3.90. The molecule has 1 aliphatic heterocycles. The Labute approximate surface area is 135 Å². The van der Waals surface area contributed by atoms with Crippen LogP contribution in [0.15, 0.2) is 6.07 Å². The van der Waals surface area contributed by atoms with E-state index in [9.17, 15) is 18.0 Å². The first-order chi connectivity index (χ1) is 10.7. The Balaban J connectivity index is 1.60. The summed E-state index contributed by atoms with van der Waals surface area (Å²) in [4.78, 5) is 20.1. The van der Waals surface area contributed by atoms with Crippen molar-refractivity contribution < 1.29 is 22.7 Å². The van der Waals surface area contributed by atoms with E-state index in [4.69, 9.17) is 11.6 Å². The predicted octanol–water partition coefficient (Wildman–Crippen LogP) is 2.93. The van der Waals surface area contributed by atoms with Gasteiger partial charge in [-0.3, -0.25) is 4.79 Å². The van der Waals surface area contributed by atoms with Crippen molar-refractivity contribution in [3.05, 3.63) is 17.0 Å². The lowest BCUT2D eigenvalue weighted by molar-refractivity contribution is -0.144. The average Bonchev–Trinajstić information content (AvgIpc) is 2.37. The van der Waals surface area contributed by atoms with Gasteiger partial charge in [0.2, 0.25) is 5.28 Å². The number of carbonyl (C=O) groups is 1. The maximum Gasteiger partial charge on any atom is 0.433 e. The molecular formula is C14H15ClF3N3O2. The first kappa shape index (κ1) is 16.3. The van der Waals surface area contributed by atoms with Crippen LogP contribution in [0.5, 0.6) is 0 Å². The minimum atomic E-state index is -4.55. The molecule has 1 spiro atoms. The number of nitrogens with zero attached hydrogens (tertiary/aromatic N) is 3. The van der Waals surface area contributed by atoms with E-state index < -0.39 is 17.2 Å². The first-order valence-corrected chi connectivity index (χ1v) is 7.52. The van der Waals surface area contributed by atoms with Gasteiger partial charge >= 0.3 is 12.1 Å². The maximum absolute atomic E-state index is 12.8. The van der Waals surface area contributed by atoms with Crippen molar-refractivity contribution >= 4 is 23.4 Å². The molecule has 1 aliphatic carbocycles. The molecule has 23 heavy (non-hydrogen) atoms. The smallest absolute Gasteiger partial charge is 0.433 e. The van der Waals surface area contributed by atoms with Crippen molar-refractivity contribution in [2.24, 2.45) is 11.3 Å². The number of esters is 1. The summed E-state index contributed by atoms with van der Waals surface area (Å²) in [6, 6.07) is 0.920. The number of methoxy groups -OCH3 is 1. The van der Waals surface area contributed by atoms with Gasteiger partial charge in [-0.15, -0.1) is 0 Å². The van der Waals surface area contributed by atoms with Gasteiger partial charge in [-0.05, 0) is 30.4 Å². The van der Waals surface area contributed by atoms with Crippen LogP contribution in [0.2, 0.25) is 5.28 Å². The van der Waals surface area contributed by atoms with E-state index in [-0.39, 0.29) is 17.2 Å². The summed E-state index contributed by atoms with van der Waals surface area (Å²) in [6.45, 7) is 1.24. The highest BCUT2D eigenvalue weighted by atomic mass is 35.5. The van der Waals surface area contributed by atoms with Crippen molar-refractivity contribution in [2.75, 3.05) is 25.1 Å². The topological polar surface area (TPSA) is 55.3 Å². The molecule has 0 bridgehead atoms. The first-order valence-electron chi connectivity index (χ1n) is 7.14. The quantitative estimate of drug-likeness (QED) is 0.620. The summed E-state index contributed by atoms with van der Waals surface area (Å²) in [5, 5.41) is -0.409. The summed E-state index contributed by atoms with van der Waals surface area (Å²) in [5.74, 6) is 0.266. The molecule has 2 aliphatic rings. The molecule has 9 heteroatoms. The zero-order chi connectivity index (χ0) is 16.8. The lowest BCUT2D eigenvalue weighted by Crippen LogP contribution is -2.62. The molecule has 1 aromatic heterocycles. The molecule has 5 nitrogen and oxygen atoms in total. The third kappa shape index (κ3) is 3.22. The Morgan fingerprint density at radius 3 is 2.65 bits per heavy atom. The molecule has 3 rings (SSSR count). The van der Waals surface area contributed by atoms with Gasteiger partial charge in [0.1, 0.15) is 5.82 Å². The molecule has 2 heterocycles. The van der Waals surface area contributed by atoms with Gasteiger partial charge in [-0.1, -0.05) is 0 Å². The Morgan fingerprint density at radius 1 is 1.43 bits per heavy atom. The van der Waals surface area contributed by atoms with Gasteiger partial charge in [0.05, 0.1) is 7.11 Å². The van der Waals surface area contributed by atoms with Crippen molar-refractivity contribution in [3.63, 3.8) is 0 Å². The molecule has 126 valence electrons. The lowest BCUT2D eigenvalue weighted by Gasteiger charge is -2.59. The lowest BCUT2D eigenvalue weighted by atomic mass is 9.57. The van der Waals surface area contributed by atoms with E-state index in [1.807, 2.05) is 0 Å². The van der Waals surface area contributed by atoms with Gasteiger partial charge in [0.25, 0.3) is 0 Å². The highest BCUT2D eigenvalue weighted by molar-refractivity contribution is 6.28. The molecule has 1 saturated heterocycles. The van der Waals surface area contributed by atoms with Crippen LogP contribution in [0.4, 0.5) is 19.0 Å². The predicted molar refractivity (Wildman–Crippen MR) is 76.0 cm³/mol. The summed E-state index contributed by atoms with van der Waals surface area (Å²) in [5.41, 5.74) is -0.959. The van der Waals surface area contributed by atoms with E-state index in [1.54, 1.807) is 4.90 Å². The van der Waals surface area contributed by atoms with Crippen molar-refractivity contribution in [2.45, 2.75) is 25.4 Å². The SMILES string of the molecule is COC(=O)CC1CC2(C1)CN(c1cc(C(F)(F)F)nc(Cl)n1)C2. The molecule has 0 unspecified atom stereocenters. The summed E-state index contributed by atoms with van der Waals surface area (Å²) >= 11 is 5.60. The van der Waals surface area contributed by atoms with E-state index in [0.717, 1.165) is 18.9 Å². The van der Waals surface area contributed by atoms with E-state index in [1.165, 1.54) is 7.11 Å². The second-order valence-electron chi connectivity index (χ2n) is 6.29. The van der Waals surface area contributed by atoms with Gasteiger partial charge in [0, 0.05) is 31.0 Å². The molecular weight excluding hydrogens is 335 g/mol. The molecule has 2 fully saturated rings. The average molecular weight is 350 g/mol. The molecule has 0 N–H and O–H groups in total. The van der Waals surface area contributed by atoms with Crippen LogP contribution in [-0.2, 0) is 15.7 Å². The Morgan fingerprint density at radius 2 is 2.09 bits per heavy atom. The fraction of sp³-hybridized carbons (Fsp3) is 0.643. The van der Waals surface area contributed by atoms with Crippen molar-refractivity contribution in [1.82, 2.24) is 9.97 Å². The number of halogens is 4. The second-order valence-corrected chi connectivity index (χ2v) is 6.63. The number of alkyl halides is 3. The number of rotatable bonds is 3. The maximum atomic E-state index is 12.8. The summed E-state index contributed by atoms with van der Waals surface area (Å²) in [6.07, 6.45) is -2.39. The second kappa shape index (κ2) is 5.51. The number of hydrogen-bond acceptors (Lipinski definition) is 5. The number of hydrogen-bond donors (Lipinski definition) is 0. The van der Waals surface area contributed by atoms with E-state index in [0.29, 0.717) is 25.4 Å². The fourth-order valence-corrected chi connectivity index (χ4v) is 3.70. The third-order valence-electron chi connectivity index (χ3n) is 4.48. The minimum Gasteiger partial charge on any atom is -0.469 e. The van der Waals surface area contributed by atoms with E-state index in [2.05, 4.69) is 14.7 Å². The molecule has 0 amide bonds. The van der Waals surface area contributed by atoms with Crippen molar-refractivity contribution in [3.8, 4) is 0 Å². The largest absolute Gasteiger partial charge is 0.469 e. The van der Waals surface area contributed by atoms with Gasteiger partial charge in [-0.25, -0.2) is 9.97 Å². The molecule has 1 aromatic rings. The number of anilines is 1. The van der Waals surface area contributed by atoms with Crippen LogP contribution in [0.25, 0.3) is 0 Å². The summed E-state index contributed by atoms with van der Waals surface area (Å²) < 4.78 is 42.9. The highest BCUT2D eigenvalue weighted by Gasteiger charge is 2.53. The van der Waals surface area contributed by atoms with E-state index >= 15 is 0 Å². The molecule has 0 aromatic carbocycles. The molecule has 0 atom stereocenters. The van der Waals surface area contributed by atoms with Crippen LogP contribution in [0, 0.1) is 11.3 Å². The minimum absolute atomic E-state index is 0.0779. The molecule has 1 saturated carbocycles. The number of ether oxygens (including phenoxy) is 1. The van der Waals surface area contributed by atoms with Crippen LogP contribution in [0.3, 0.4) is 0 Å². The highest BCUT2D eigenvalue weighted by Crippen LogP contribution is 2.54. The number of carbonyl (C=O) groups excluding carboxylic acids is 1. The van der Waals surface area contributed by atoms with Gasteiger partial charge in [-0.2, -0.15) is 13.2 Å². The van der Waals surface area contributed by atoms with Crippen LogP contribution in [0.1, 0.15) is 25.0 Å². The van der Waals surface area contributed by atoms with Gasteiger partial charge in [0.15, 0.2) is 5.69 Å². The standard InChI is InChI=1S/C14H15ClF3N3O2/c1-23-11(22)2-8-4-13(5-8)6-21(7-13)10-3-9(14(16,17)18)19-12(15)20-10/h3,8H,2,4-7H2,1H3. The fourth-order valence-electron chi connectivity index (χ4n) is 3.52. The molecule has 0 radical (unpaired) electrons. The van der Waals surface area contributed by atoms with Crippen molar-refractivity contribution in [1.29, 1.82) is 0 Å². The third-order valence-corrected chi connectivity index (χ3v) is 4.65. The Bertz CT molecular complexity index is 624. The monoisotopic (exact) mass is 349 g/mol. The zero-order valence-electron chi connectivity index (χ0n) is 12.4. The summed E-state index contributed by atoms with van der Waals surface area (Å²) in [7, 11) is 1.36. The zero-order valence-corrected chi connectivity index (χ0v) is 13.1. The van der Waals surface area contributed by atoms with Crippen LogP contribution < -0.4 is 4.90 Å². The normalized spacial score (nSPS) is 20.1. The Hall–Kier alpha value is -1.57.